The van der Waals surface area contributed by atoms with Gasteiger partial charge in [-0.1, -0.05) is 13.0 Å². The first kappa shape index (κ1) is 22.2. The van der Waals surface area contributed by atoms with Crippen molar-refractivity contribution < 1.29 is 22.8 Å². The van der Waals surface area contributed by atoms with Crippen LogP contribution in [0.2, 0.25) is 0 Å². The molecule has 1 aromatic carbocycles. The van der Waals surface area contributed by atoms with Crippen molar-refractivity contribution in [1.29, 1.82) is 0 Å². The molecule has 1 fully saturated rings. The van der Waals surface area contributed by atoms with Gasteiger partial charge >= 0.3 is 6.18 Å². The molecule has 6 nitrogen and oxygen atoms in total. The van der Waals surface area contributed by atoms with E-state index in [1.165, 1.54) is 18.2 Å². The first-order valence-electron chi connectivity index (χ1n) is 8.30. The zero-order valence-corrected chi connectivity index (χ0v) is 17.7. The van der Waals surface area contributed by atoms with Gasteiger partial charge in [0.1, 0.15) is 12.4 Å². The van der Waals surface area contributed by atoms with E-state index in [1.807, 2.05) is 11.3 Å². The summed E-state index contributed by atoms with van der Waals surface area (Å²) in [4.78, 5) is 28.2. The van der Waals surface area contributed by atoms with E-state index in [1.54, 1.807) is 0 Å². The van der Waals surface area contributed by atoms with E-state index in [-0.39, 0.29) is 11.5 Å². The molecule has 0 aliphatic carbocycles. The molecule has 2 N–H and O–H groups in total. The van der Waals surface area contributed by atoms with Crippen LogP contribution in [0.1, 0.15) is 18.4 Å². The molecule has 0 bridgehead atoms. The van der Waals surface area contributed by atoms with Crippen LogP contribution >= 0.6 is 0 Å². The maximum Gasteiger partial charge on any atom is 0.405 e. The number of likely N-dealkylation sites (tertiary alicyclic amines) is 1. The number of benzene rings is 1. The number of piperidine rings is 1. The molecular weight excluding hydrogens is 608 g/mol. The van der Waals surface area contributed by atoms with Crippen molar-refractivity contribution in [2.45, 2.75) is 19.0 Å². The molecule has 1 aliphatic rings. The van der Waals surface area contributed by atoms with Gasteiger partial charge in [0, 0.05) is 23.5 Å². The van der Waals surface area contributed by atoms with Gasteiger partial charge in [0.15, 0.2) is 0 Å². The van der Waals surface area contributed by atoms with E-state index in [4.69, 9.17) is 0 Å². The first-order valence-corrected chi connectivity index (χ1v) is 8.30. The Morgan fingerprint density at radius 3 is 2.71 bits per heavy atom. The quantitative estimate of drug-likeness (QED) is 0.167. The molecule has 1 aromatic rings. The Kier molecular flexibility index (Phi) is 7.73. The van der Waals surface area contributed by atoms with Gasteiger partial charge in [-0.25, -0.2) is 0 Å². The van der Waals surface area contributed by atoms with Gasteiger partial charge in [-0.05, 0) is 24.3 Å². The fourth-order valence-corrected chi connectivity index (χ4v) is 2.68. The summed E-state index contributed by atoms with van der Waals surface area (Å²) < 4.78 is 38.1. The molecule has 10 heteroatoms. The monoisotopic (exact) mass is 628 g/mol. The number of hydrogen-bond donors (Lipinski definition) is 2. The second kappa shape index (κ2) is 9.75. The second-order valence-electron chi connectivity index (χ2n) is 5.86. The van der Waals surface area contributed by atoms with Crippen LogP contribution in [0.3, 0.4) is 0 Å². The molecule has 0 spiro atoms. The smallest absolute Gasteiger partial charge is 0.386 e. The van der Waals surface area contributed by atoms with E-state index in [2.05, 4.69) is 22.2 Å². The van der Waals surface area contributed by atoms with Crippen LogP contribution in [0.25, 0.3) is 0 Å². The van der Waals surface area contributed by atoms with Gasteiger partial charge < -0.3 is 22.0 Å². The van der Waals surface area contributed by atoms with E-state index in [0.29, 0.717) is 30.8 Å². The van der Waals surface area contributed by atoms with Crippen LogP contribution in [0.4, 0.5) is 24.5 Å². The summed E-state index contributed by atoms with van der Waals surface area (Å²) in [7, 11) is 0. The number of alkyl halides is 3. The fraction of sp³-hybridized carbons (Fsp3) is 0.333. The minimum atomic E-state index is -4.43. The van der Waals surface area contributed by atoms with Gasteiger partial charge in [0.05, 0.1) is 0 Å². The number of carbonyl (C=O) groups is 2. The van der Waals surface area contributed by atoms with E-state index in [9.17, 15) is 22.8 Å². The average Bonchev–Trinajstić information content (AvgIpc) is 2.65. The normalized spacial score (nSPS) is 14.7. The van der Waals surface area contributed by atoms with Crippen LogP contribution in [-0.4, -0.2) is 48.9 Å². The minimum Gasteiger partial charge on any atom is -0.386 e. The number of halogens is 3. The second-order valence-corrected chi connectivity index (χ2v) is 5.86. The maximum atomic E-state index is 12.7. The van der Waals surface area contributed by atoms with Gasteiger partial charge in [-0.3, -0.25) is 9.59 Å². The predicted molar refractivity (Wildman–Crippen MR) is 97.5 cm³/mol. The van der Waals surface area contributed by atoms with Crippen molar-refractivity contribution in [2.24, 2.45) is 4.99 Å². The SMILES string of the molecule is C=CC(=O)Nc1ccc(C(=NC=O)N2C[CH-]CCC2)c(NCC(F)(F)F)c1.[Bk]. The Hall–Kier alpha value is -3.84. The summed E-state index contributed by atoms with van der Waals surface area (Å²) in [6.07, 6.45) is 0.793. The summed E-state index contributed by atoms with van der Waals surface area (Å²) in [5.74, 6) is -0.204. The molecule has 28 heavy (non-hydrogen) atoms. The van der Waals surface area contributed by atoms with Gasteiger partial charge in [0.25, 0.3) is 0 Å². The number of carbonyl (C=O) groups excluding carboxylic acids is 2. The number of nitrogens with zero attached hydrogens (tertiary/aromatic N) is 2. The third kappa shape index (κ3) is 6.15. The molecule has 1 heterocycles. The van der Waals surface area contributed by atoms with Crippen molar-refractivity contribution in [3.63, 3.8) is 0 Å². The molecule has 2 amide bonds. The van der Waals surface area contributed by atoms with Crippen LogP contribution in [-0.2, 0) is 9.59 Å². The molecule has 2 rings (SSSR count). The number of amidine groups is 1. The molecule has 0 aromatic heterocycles. The Morgan fingerprint density at radius 2 is 2.14 bits per heavy atom. The number of rotatable bonds is 6. The number of hydrogen-bond acceptors (Lipinski definition) is 3. The third-order valence-corrected chi connectivity index (χ3v) is 3.85. The van der Waals surface area contributed by atoms with Crippen LogP contribution in [0, 0.1) is 6.42 Å². The number of amides is 2. The largest absolute Gasteiger partial charge is 0.405 e. The zero-order chi connectivity index (χ0) is 19.9. The summed E-state index contributed by atoms with van der Waals surface area (Å²) in [5.41, 5.74) is 0.752. The molecule has 0 unspecified atom stereocenters. The van der Waals surface area contributed by atoms with Crippen molar-refractivity contribution in [3.05, 3.63) is 42.8 Å². The number of anilines is 2. The Labute approximate surface area is 155 Å². The molecule has 1 saturated heterocycles. The number of nitrogens with one attached hydrogen (secondary N) is 2. The van der Waals surface area contributed by atoms with Crippen molar-refractivity contribution in [3.8, 4) is 0 Å². The van der Waals surface area contributed by atoms with Crippen molar-refractivity contribution >= 4 is 29.5 Å². The first-order chi connectivity index (χ1) is 12.8. The Bertz CT molecular complexity index is 732. The predicted octanol–water partition coefficient (Wildman–Crippen LogP) is 2.99. The van der Waals surface area contributed by atoms with Crippen LogP contribution < -0.4 is 10.6 Å². The molecule has 0 saturated carbocycles. The maximum absolute atomic E-state index is 12.7. The average molecular weight is 628 g/mol. The molecule has 155 valence electrons. The van der Waals surface area contributed by atoms with Gasteiger partial charge in [-0.15, -0.1) is 6.54 Å². The number of aliphatic imine (C=N–C) groups is 1. The Morgan fingerprint density at radius 1 is 1.39 bits per heavy atom. The van der Waals surface area contributed by atoms with E-state index in [0.717, 1.165) is 18.9 Å². The van der Waals surface area contributed by atoms with E-state index >= 15 is 0 Å². The molecule has 1 aliphatic heterocycles. The van der Waals surface area contributed by atoms with Crippen molar-refractivity contribution in [1.82, 2.24) is 4.90 Å². The van der Waals surface area contributed by atoms with E-state index < -0.39 is 18.6 Å². The van der Waals surface area contributed by atoms with Crippen LogP contribution in [0.5, 0.6) is 0 Å². The topological polar surface area (TPSA) is 73.8 Å². The third-order valence-electron chi connectivity index (χ3n) is 3.85. The minimum absolute atomic E-state index is 0. The fourth-order valence-electron chi connectivity index (χ4n) is 2.68. The summed E-state index contributed by atoms with van der Waals surface area (Å²) in [6, 6.07) is 4.42. The van der Waals surface area contributed by atoms with Gasteiger partial charge in [-0.2, -0.15) is 24.6 Å². The van der Waals surface area contributed by atoms with Crippen LogP contribution in [0.15, 0.2) is 35.8 Å². The Balaban J connectivity index is 0.00000392. The molecule has 0 atom stereocenters. The van der Waals surface area contributed by atoms with Crippen molar-refractivity contribution in [2.75, 3.05) is 30.3 Å². The summed E-state index contributed by atoms with van der Waals surface area (Å²) in [6.45, 7) is 3.25. The standard InChI is InChI=1S/C18H20F3N4O2.Bk/c1-2-16(27)24-13-6-7-14(15(10-13)22-11-18(19,20)21)17(23-12-26)25-8-4-3-5-9-25;/h2,4,6-7,10,12,22H,1,3,5,8-9,11H2,(H,24,27);/q-1;. The van der Waals surface area contributed by atoms with Gasteiger partial charge in [0.2, 0.25) is 12.3 Å². The molecule has 1 radical (unpaired) electrons. The molecular formula is C18H20BkF3N4O2-. The summed E-state index contributed by atoms with van der Waals surface area (Å²) >= 11 is 0. The zero-order valence-electron chi connectivity index (χ0n) is 14.9. The summed E-state index contributed by atoms with van der Waals surface area (Å²) in [5, 5.41) is 4.83.